The minimum Gasteiger partial charge on any atom is -0.340 e. The lowest BCUT2D eigenvalue weighted by atomic mass is 10.0. The number of nitrogens with one attached hydrogen (secondary N) is 2. The van der Waals surface area contributed by atoms with Gasteiger partial charge in [0.2, 0.25) is 23.5 Å². The molecule has 12 heteroatoms. The number of tetrazole rings is 1. The van der Waals surface area contributed by atoms with Crippen molar-refractivity contribution in [2.45, 2.75) is 19.4 Å². The topological polar surface area (TPSA) is 141 Å². The molecular formula is C28H23ClN8O3. The molecule has 2 N–H and O–H groups in total. The number of nitrogens with zero attached hydrogens (tertiary/aromatic N) is 6. The van der Waals surface area contributed by atoms with Crippen LogP contribution in [0.1, 0.15) is 17.0 Å². The zero-order valence-electron chi connectivity index (χ0n) is 21.2. The van der Waals surface area contributed by atoms with Gasteiger partial charge in [0, 0.05) is 41.3 Å². The first-order valence-corrected chi connectivity index (χ1v) is 12.6. The van der Waals surface area contributed by atoms with Crippen LogP contribution in [0.2, 0.25) is 5.02 Å². The van der Waals surface area contributed by atoms with Crippen molar-refractivity contribution in [2.75, 3.05) is 5.32 Å². The van der Waals surface area contributed by atoms with E-state index in [0.717, 1.165) is 11.1 Å². The molecule has 0 spiro atoms. The van der Waals surface area contributed by atoms with Gasteiger partial charge in [-0.15, -0.1) is 5.10 Å². The van der Waals surface area contributed by atoms with Gasteiger partial charge in [-0.05, 0) is 64.5 Å². The molecule has 0 saturated carbocycles. The molecule has 0 fully saturated rings. The molecule has 40 heavy (non-hydrogen) atoms. The van der Waals surface area contributed by atoms with Gasteiger partial charge in [0.25, 0.3) is 0 Å². The molecule has 0 radical (unpaired) electrons. The highest BCUT2D eigenvalue weighted by Gasteiger charge is 2.21. The quantitative estimate of drug-likeness (QED) is 0.260. The Morgan fingerprint density at radius 3 is 2.58 bits per heavy atom. The fourth-order valence-electron chi connectivity index (χ4n) is 3.93. The number of carbonyl (C=O) groups excluding carboxylic acids is 2. The summed E-state index contributed by atoms with van der Waals surface area (Å²) in [5.41, 5.74) is 3.45. The fourth-order valence-corrected chi connectivity index (χ4v) is 4.11. The number of aryl methyl sites for hydroxylation is 1. The highest BCUT2D eigenvalue weighted by Crippen LogP contribution is 2.21. The van der Waals surface area contributed by atoms with E-state index in [0.29, 0.717) is 40.1 Å². The molecule has 200 valence electrons. The molecule has 3 aromatic carbocycles. The van der Waals surface area contributed by atoms with E-state index in [2.05, 4.69) is 36.3 Å². The fraction of sp³-hybridized carbons (Fsp3) is 0.107. The second-order valence-corrected chi connectivity index (χ2v) is 9.18. The average molecular weight is 555 g/mol. The minimum atomic E-state index is -0.850. The second kappa shape index (κ2) is 12.1. The molecule has 1 unspecified atom stereocenters. The Morgan fingerprint density at radius 2 is 1.88 bits per heavy atom. The van der Waals surface area contributed by atoms with Crippen molar-refractivity contribution in [3.8, 4) is 17.1 Å². The maximum Gasteiger partial charge on any atom is 0.247 e. The molecule has 11 nitrogen and oxygen atoms in total. The van der Waals surface area contributed by atoms with Crippen LogP contribution in [0.25, 0.3) is 23.2 Å². The Bertz CT molecular complexity index is 1630. The Morgan fingerprint density at radius 1 is 1.07 bits per heavy atom. The molecule has 0 bridgehead atoms. The minimum absolute atomic E-state index is 0.291. The zero-order chi connectivity index (χ0) is 27.9. The number of aromatic nitrogens is 6. The van der Waals surface area contributed by atoms with E-state index in [9.17, 15) is 9.59 Å². The van der Waals surface area contributed by atoms with Gasteiger partial charge in [0.05, 0.1) is 5.69 Å². The summed E-state index contributed by atoms with van der Waals surface area (Å²) in [6, 6.07) is 20.8. The maximum atomic E-state index is 13.3. The van der Waals surface area contributed by atoms with Crippen LogP contribution >= 0.6 is 11.6 Å². The zero-order valence-corrected chi connectivity index (χ0v) is 22.0. The number of hydrogen-bond donors (Lipinski definition) is 2. The molecule has 2 heterocycles. The summed E-state index contributed by atoms with van der Waals surface area (Å²) in [5.74, 6) is 0.0923. The molecule has 5 aromatic rings. The number of hydrogen-bond acceptors (Lipinski definition) is 8. The number of halogens is 1. The maximum absolute atomic E-state index is 13.3. The van der Waals surface area contributed by atoms with E-state index in [-0.39, 0.29) is 5.91 Å². The van der Waals surface area contributed by atoms with Crippen molar-refractivity contribution in [3.05, 3.63) is 107 Å². The lowest BCUT2D eigenvalue weighted by Crippen LogP contribution is -2.44. The van der Waals surface area contributed by atoms with Crippen LogP contribution in [0.4, 0.5) is 5.69 Å². The van der Waals surface area contributed by atoms with Crippen molar-refractivity contribution in [2.24, 2.45) is 0 Å². The standard InChI is InChI=1S/C28H23ClN8O3/c1-18-31-27(34-40-18)20-7-11-23(12-8-20)32-28(39)24(15-19-5-3-2-4-6-19)33-26(38)14-9-21-16-22(29)10-13-25(21)37-17-30-35-36-37/h2-14,16-17,24H,15H2,1H3,(H,32,39)(H,33,38). The third-order valence-corrected chi connectivity index (χ3v) is 6.09. The van der Waals surface area contributed by atoms with Crippen LogP contribution in [0, 0.1) is 6.92 Å². The number of benzene rings is 3. The van der Waals surface area contributed by atoms with E-state index >= 15 is 0 Å². The van der Waals surface area contributed by atoms with Crippen LogP contribution in [-0.4, -0.2) is 48.2 Å². The van der Waals surface area contributed by atoms with E-state index in [4.69, 9.17) is 16.1 Å². The smallest absolute Gasteiger partial charge is 0.247 e. The molecule has 0 aliphatic carbocycles. The highest BCUT2D eigenvalue weighted by atomic mass is 35.5. The number of rotatable bonds is 9. The normalized spacial score (nSPS) is 11.8. The third-order valence-electron chi connectivity index (χ3n) is 5.85. The number of anilines is 1. The van der Waals surface area contributed by atoms with E-state index < -0.39 is 11.9 Å². The average Bonchev–Trinajstić information content (AvgIpc) is 3.65. The third kappa shape index (κ3) is 6.63. The van der Waals surface area contributed by atoms with Gasteiger partial charge in [-0.3, -0.25) is 9.59 Å². The predicted octanol–water partition coefficient (Wildman–Crippen LogP) is 4.05. The van der Waals surface area contributed by atoms with Gasteiger partial charge in [0.1, 0.15) is 12.4 Å². The summed E-state index contributed by atoms with van der Waals surface area (Å²) < 4.78 is 6.49. The molecule has 0 aliphatic rings. The molecule has 2 aromatic heterocycles. The lowest BCUT2D eigenvalue weighted by molar-refractivity contribution is -0.123. The van der Waals surface area contributed by atoms with Gasteiger partial charge in [0.15, 0.2) is 0 Å². The summed E-state index contributed by atoms with van der Waals surface area (Å²) in [4.78, 5) is 30.5. The summed E-state index contributed by atoms with van der Waals surface area (Å²) in [6.07, 6.45) is 4.66. The van der Waals surface area contributed by atoms with E-state index in [1.165, 1.54) is 17.1 Å². The molecule has 0 saturated heterocycles. The van der Waals surface area contributed by atoms with Crippen molar-refractivity contribution in [1.29, 1.82) is 0 Å². The molecule has 0 aliphatic heterocycles. The first-order chi connectivity index (χ1) is 19.4. The van der Waals surface area contributed by atoms with Gasteiger partial charge in [-0.25, -0.2) is 0 Å². The summed E-state index contributed by atoms with van der Waals surface area (Å²) in [5, 5.41) is 21.3. The van der Waals surface area contributed by atoms with Gasteiger partial charge >= 0.3 is 0 Å². The van der Waals surface area contributed by atoms with Crippen molar-refractivity contribution >= 4 is 35.2 Å². The first-order valence-electron chi connectivity index (χ1n) is 12.2. The molecular weight excluding hydrogens is 532 g/mol. The Kier molecular flexibility index (Phi) is 8.02. The van der Waals surface area contributed by atoms with Crippen LogP contribution in [0.3, 0.4) is 0 Å². The van der Waals surface area contributed by atoms with Crippen LogP contribution < -0.4 is 10.6 Å². The van der Waals surface area contributed by atoms with Gasteiger partial charge in [-0.1, -0.05) is 47.1 Å². The molecule has 2 amide bonds. The second-order valence-electron chi connectivity index (χ2n) is 8.75. The Balaban J connectivity index is 1.31. The number of amides is 2. The van der Waals surface area contributed by atoms with Crippen LogP contribution in [0.15, 0.2) is 89.7 Å². The Labute approximate surface area is 233 Å². The monoisotopic (exact) mass is 554 g/mol. The Hall–Kier alpha value is -5.16. The van der Waals surface area contributed by atoms with Crippen molar-refractivity contribution < 1.29 is 14.1 Å². The lowest BCUT2D eigenvalue weighted by Gasteiger charge is -2.18. The van der Waals surface area contributed by atoms with Crippen molar-refractivity contribution in [3.63, 3.8) is 0 Å². The largest absolute Gasteiger partial charge is 0.340 e. The molecule has 1 atom stereocenters. The first kappa shape index (κ1) is 26.4. The van der Waals surface area contributed by atoms with Crippen molar-refractivity contribution in [1.82, 2.24) is 35.7 Å². The predicted molar refractivity (Wildman–Crippen MR) is 148 cm³/mol. The summed E-state index contributed by atoms with van der Waals surface area (Å²) in [7, 11) is 0. The number of carbonyl (C=O) groups is 2. The highest BCUT2D eigenvalue weighted by molar-refractivity contribution is 6.30. The van der Waals surface area contributed by atoms with Crippen LogP contribution in [-0.2, 0) is 16.0 Å². The van der Waals surface area contributed by atoms with Gasteiger partial charge < -0.3 is 15.2 Å². The molecule has 5 rings (SSSR count). The summed E-state index contributed by atoms with van der Waals surface area (Å²) >= 11 is 6.17. The van der Waals surface area contributed by atoms with Crippen LogP contribution in [0.5, 0.6) is 0 Å². The summed E-state index contributed by atoms with van der Waals surface area (Å²) in [6.45, 7) is 1.71. The SMILES string of the molecule is Cc1nc(-c2ccc(NC(=O)C(Cc3ccccc3)NC(=O)C=Cc3cc(Cl)ccc3-n3cnnn3)cc2)no1. The van der Waals surface area contributed by atoms with Gasteiger partial charge in [-0.2, -0.15) is 9.67 Å². The van der Waals surface area contributed by atoms with E-state index in [1.54, 1.807) is 55.5 Å². The van der Waals surface area contributed by atoms with E-state index in [1.807, 2.05) is 30.3 Å².